The molecule has 0 aromatic carbocycles. The average Bonchev–Trinajstić information content (AvgIpc) is 2.22. The minimum atomic E-state index is 0.561. The van der Waals surface area contributed by atoms with Gasteiger partial charge in [-0.25, -0.2) is 0 Å². The summed E-state index contributed by atoms with van der Waals surface area (Å²) >= 11 is 0. The summed E-state index contributed by atoms with van der Waals surface area (Å²) in [5.74, 6) is 0. The molecule has 15 heavy (non-hydrogen) atoms. The zero-order chi connectivity index (χ0) is 10.3. The van der Waals surface area contributed by atoms with Crippen LogP contribution in [0.15, 0.2) is 0 Å². The summed E-state index contributed by atoms with van der Waals surface area (Å²) in [4.78, 5) is 0. The van der Waals surface area contributed by atoms with Crippen LogP contribution in [0.25, 0.3) is 0 Å². The third-order valence-corrected chi connectivity index (χ3v) is 3.30. The molecule has 2 fully saturated rings. The Kier molecular flexibility index (Phi) is 4.90. The molecule has 88 valence electrons. The van der Waals surface area contributed by atoms with Crippen molar-refractivity contribution in [2.45, 2.75) is 50.7 Å². The largest absolute Gasteiger partial charge is 0.378 e. The molecule has 1 aliphatic carbocycles. The Morgan fingerprint density at radius 2 is 1.93 bits per heavy atom. The van der Waals surface area contributed by atoms with Crippen LogP contribution >= 0.6 is 0 Å². The Hall–Kier alpha value is -0.120. The van der Waals surface area contributed by atoms with Crippen molar-refractivity contribution in [2.24, 2.45) is 0 Å². The number of hydrogen-bond acceptors (Lipinski definition) is 3. The summed E-state index contributed by atoms with van der Waals surface area (Å²) in [7, 11) is 0. The van der Waals surface area contributed by atoms with Gasteiger partial charge >= 0.3 is 0 Å². The van der Waals surface area contributed by atoms with Crippen molar-refractivity contribution in [2.75, 3.05) is 26.4 Å². The third-order valence-electron chi connectivity index (χ3n) is 3.30. The van der Waals surface area contributed by atoms with E-state index in [2.05, 4.69) is 5.32 Å². The van der Waals surface area contributed by atoms with Crippen LogP contribution in [0.2, 0.25) is 0 Å². The second-order valence-electron chi connectivity index (χ2n) is 4.67. The molecule has 1 N–H and O–H groups in total. The Bertz CT molecular complexity index is 165. The first-order chi connectivity index (χ1) is 7.45. The van der Waals surface area contributed by atoms with Gasteiger partial charge in [-0.05, 0) is 25.8 Å². The molecule has 2 rings (SSSR count). The summed E-state index contributed by atoms with van der Waals surface area (Å²) in [5, 5.41) is 3.45. The van der Waals surface area contributed by atoms with E-state index in [-0.39, 0.29) is 0 Å². The Labute approximate surface area is 92.5 Å². The molecule has 0 atom stereocenters. The molecule has 0 radical (unpaired) electrons. The molecule has 0 aromatic rings. The molecule has 1 saturated heterocycles. The maximum Gasteiger partial charge on any atom is 0.0643 e. The molecular formula is C12H23NO2. The topological polar surface area (TPSA) is 30.5 Å². The van der Waals surface area contributed by atoms with E-state index >= 15 is 0 Å². The average molecular weight is 213 g/mol. The summed E-state index contributed by atoms with van der Waals surface area (Å²) in [6.07, 6.45) is 8.39. The van der Waals surface area contributed by atoms with E-state index in [0.29, 0.717) is 12.1 Å². The van der Waals surface area contributed by atoms with Gasteiger partial charge in [-0.2, -0.15) is 0 Å². The van der Waals surface area contributed by atoms with Crippen LogP contribution in [0.4, 0.5) is 0 Å². The van der Waals surface area contributed by atoms with E-state index < -0.39 is 0 Å². The van der Waals surface area contributed by atoms with Crippen LogP contribution in [0.1, 0.15) is 38.5 Å². The van der Waals surface area contributed by atoms with E-state index in [4.69, 9.17) is 9.47 Å². The molecule has 0 unspecified atom stereocenters. The van der Waals surface area contributed by atoms with E-state index in [1.807, 2.05) is 0 Å². The Morgan fingerprint density at radius 3 is 2.60 bits per heavy atom. The van der Waals surface area contributed by atoms with Gasteiger partial charge in [0.25, 0.3) is 0 Å². The van der Waals surface area contributed by atoms with Gasteiger partial charge in [0.1, 0.15) is 0 Å². The fraction of sp³-hybridized carbons (Fsp3) is 1.00. The highest BCUT2D eigenvalue weighted by Gasteiger charge is 2.17. The van der Waals surface area contributed by atoms with Crippen LogP contribution in [-0.4, -0.2) is 38.5 Å². The first kappa shape index (κ1) is 11.4. The minimum Gasteiger partial charge on any atom is -0.378 e. The van der Waals surface area contributed by atoms with Crippen molar-refractivity contribution in [1.29, 1.82) is 0 Å². The summed E-state index contributed by atoms with van der Waals surface area (Å²) in [5.41, 5.74) is 0. The van der Waals surface area contributed by atoms with Gasteiger partial charge < -0.3 is 14.8 Å². The van der Waals surface area contributed by atoms with Crippen molar-refractivity contribution in [3.05, 3.63) is 0 Å². The van der Waals surface area contributed by atoms with Crippen LogP contribution < -0.4 is 5.32 Å². The molecule has 0 aromatic heterocycles. The Balaban J connectivity index is 1.40. The maximum absolute atomic E-state index is 5.85. The van der Waals surface area contributed by atoms with Gasteiger partial charge in [0, 0.05) is 6.61 Å². The monoisotopic (exact) mass is 213 g/mol. The van der Waals surface area contributed by atoms with Crippen LogP contribution in [0.3, 0.4) is 0 Å². The standard InChI is InChI=1S/C12H23NO2/c1-2-5-12(6-3-1)15-8-4-7-13-11-9-14-10-11/h11-13H,1-10H2. The van der Waals surface area contributed by atoms with Crippen molar-refractivity contribution in [1.82, 2.24) is 5.32 Å². The fourth-order valence-corrected chi connectivity index (χ4v) is 2.21. The van der Waals surface area contributed by atoms with Crippen LogP contribution in [-0.2, 0) is 9.47 Å². The van der Waals surface area contributed by atoms with Crippen LogP contribution in [0.5, 0.6) is 0 Å². The zero-order valence-corrected chi connectivity index (χ0v) is 9.54. The third kappa shape index (κ3) is 4.09. The molecular weight excluding hydrogens is 190 g/mol. The van der Waals surface area contributed by atoms with Gasteiger partial charge in [0.15, 0.2) is 0 Å². The molecule has 0 amide bonds. The zero-order valence-electron chi connectivity index (χ0n) is 9.54. The summed E-state index contributed by atoms with van der Waals surface area (Å²) in [6.45, 7) is 3.78. The van der Waals surface area contributed by atoms with Crippen molar-refractivity contribution in [3.8, 4) is 0 Å². The second-order valence-corrected chi connectivity index (χ2v) is 4.67. The van der Waals surface area contributed by atoms with Crippen molar-refractivity contribution >= 4 is 0 Å². The van der Waals surface area contributed by atoms with E-state index in [1.165, 1.54) is 32.1 Å². The van der Waals surface area contributed by atoms with E-state index in [9.17, 15) is 0 Å². The first-order valence-electron chi connectivity index (χ1n) is 6.38. The lowest BCUT2D eigenvalue weighted by Gasteiger charge is -2.27. The molecule has 3 heteroatoms. The molecule has 3 nitrogen and oxygen atoms in total. The maximum atomic E-state index is 5.85. The molecule has 1 aliphatic heterocycles. The summed E-state index contributed by atoms with van der Waals surface area (Å²) < 4.78 is 10.9. The Morgan fingerprint density at radius 1 is 1.13 bits per heavy atom. The molecule has 2 aliphatic rings. The SMILES string of the molecule is C1CCC(OCCCNC2COC2)CC1. The smallest absolute Gasteiger partial charge is 0.0643 e. The highest BCUT2D eigenvalue weighted by Crippen LogP contribution is 2.20. The number of rotatable bonds is 6. The number of hydrogen-bond donors (Lipinski definition) is 1. The second kappa shape index (κ2) is 6.46. The van der Waals surface area contributed by atoms with Crippen molar-refractivity contribution < 1.29 is 9.47 Å². The van der Waals surface area contributed by atoms with Gasteiger partial charge in [-0.1, -0.05) is 19.3 Å². The van der Waals surface area contributed by atoms with Gasteiger partial charge in [0.05, 0.1) is 25.4 Å². The lowest BCUT2D eigenvalue weighted by Crippen LogP contribution is -2.46. The number of ether oxygens (including phenoxy) is 2. The number of nitrogens with one attached hydrogen (secondary N) is 1. The van der Waals surface area contributed by atoms with Crippen LogP contribution in [0, 0.1) is 0 Å². The molecule has 0 spiro atoms. The minimum absolute atomic E-state index is 0.561. The van der Waals surface area contributed by atoms with Gasteiger partial charge in [-0.15, -0.1) is 0 Å². The predicted molar refractivity (Wildman–Crippen MR) is 60.1 cm³/mol. The summed E-state index contributed by atoms with van der Waals surface area (Å²) in [6, 6.07) is 0.611. The quantitative estimate of drug-likeness (QED) is 0.681. The highest BCUT2D eigenvalue weighted by atomic mass is 16.5. The van der Waals surface area contributed by atoms with Crippen molar-refractivity contribution in [3.63, 3.8) is 0 Å². The first-order valence-corrected chi connectivity index (χ1v) is 6.38. The molecule has 0 bridgehead atoms. The fourth-order valence-electron chi connectivity index (χ4n) is 2.21. The normalized spacial score (nSPS) is 24.0. The van der Waals surface area contributed by atoms with Gasteiger partial charge in [-0.3, -0.25) is 0 Å². The highest BCUT2D eigenvalue weighted by molar-refractivity contribution is 4.72. The molecule has 1 heterocycles. The molecule has 1 saturated carbocycles. The van der Waals surface area contributed by atoms with E-state index in [0.717, 1.165) is 32.8 Å². The lowest BCUT2D eigenvalue weighted by atomic mass is 9.98. The van der Waals surface area contributed by atoms with E-state index in [1.54, 1.807) is 0 Å². The predicted octanol–water partition coefficient (Wildman–Crippen LogP) is 1.71. The van der Waals surface area contributed by atoms with Gasteiger partial charge in [0.2, 0.25) is 0 Å². The lowest BCUT2D eigenvalue weighted by molar-refractivity contribution is -0.00811.